The number of amides is 2. The molecule has 0 aliphatic carbocycles. The van der Waals surface area contributed by atoms with Crippen LogP contribution in [0.3, 0.4) is 0 Å². The van der Waals surface area contributed by atoms with Crippen LogP contribution in [-0.2, 0) is 20.7 Å². The van der Waals surface area contributed by atoms with E-state index in [1.54, 1.807) is 4.90 Å². The van der Waals surface area contributed by atoms with Crippen LogP contribution in [-0.4, -0.2) is 42.0 Å². The van der Waals surface area contributed by atoms with E-state index in [4.69, 9.17) is 10.5 Å². The summed E-state index contributed by atoms with van der Waals surface area (Å²) in [6, 6.07) is 16.4. The number of primary amides is 1. The minimum Gasteiger partial charge on any atom is -0.367 e. The zero-order chi connectivity index (χ0) is 20.1. The third-order valence-electron chi connectivity index (χ3n) is 5.25. The maximum absolute atomic E-state index is 12.3. The van der Waals surface area contributed by atoms with Crippen LogP contribution in [0.5, 0.6) is 0 Å². The third-order valence-corrected chi connectivity index (χ3v) is 5.25. The highest BCUT2D eigenvalue weighted by Crippen LogP contribution is 2.26. The number of benzene rings is 2. The van der Waals surface area contributed by atoms with Gasteiger partial charge in [0.1, 0.15) is 0 Å². The van der Waals surface area contributed by atoms with E-state index in [0.29, 0.717) is 26.0 Å². The van der Waals surface area contributed by atoms with Gasteiger partial charge in [0.05, 0.1) is 13.2 Å². The summed E-state index contributed by atoms with van der Waals surface area (Å²) in [5.74, 6) is -0.476. The van der Waals surface area contributed by atoms with Gasteiger partial charge in [-0.05, 0) is 30.0 Å². The van der Waals surface area contributed by atoms with E-state index in [1.807, 2.05) is 37.3 Å². The Bertz CT molecular complexity index is 847. The Morgan fingerprint density at radius 2 is 1.89 bits per heavy atom. The largest absolute Gasteiger partial charge is 0.367 e. The second-order valence-corrected chi connectivity index (χ2v) is 7.52. The van der Waals surface area contributed by atoms with Gasteiger partial charge in [0.2, 0.25) is 5.91 Å². The molecular weight excluding hydrogens is 352 g/mol. The van der Waals surface area contributed by atoms with E-state index in [-0.39, 0.29) is 12.5 Å². The van der Waals surface area contributed by atoms with Crippen molar-refractivity contribution in [3.05, 3.63) is 59.7 Å². The zero-order valence-electron chi connectivity index (χ0n) is 16.6. The monoisotopic (exact) mass is 380 g/mol. The van der Waals surface area contributed by atoms with Gasteiger partial charge in [0.25, 0.3) is 5.91 Å². The topological polar surface area (TPSA) is 72.6 Å². The van der Waals surface area contributed by atoms with Crippen LogP contribution in [0.1, 0.15) is 30.9 Å². The van der Waals surface area contributed by atoms with E-state index >= 15 is 0 Å². The number of nitrogens with two attached hydrogens (primary N) is 1. The Hall–Kier alpha value is -2.66. The van der Waals surface area contributed by atoms with Crippen molar-refractivity contribution in [1.29, 1.82) is 0 Å². The Morgan fingerprint density at radius 3 is 2.54 bits per heavy atom. The second-order valence-electron chi connectivity index (χ2n) is 7.52. The third kappa shape index (κ3) is 4.42. The van der Waals surface area contributed by atoms with Crippen LogP contribution in [0.4, 0.5) is 0 Å². The molecule has 1 aliphatic heterocycles. The molecule has 5 nitrogen and oxygen atoms in total. The lowest BCUT2D eigenvalue weighted by Gasteiger charge is -2.40. The second kappa shape index (κ2) is 8.57. The molecule has 0 spiro atoms. The fraction of sp³-hybridized carbons (Fsp3) is 0.391. The molecule has 1 atom stereocenters. The van der Waals surface area contributed by atoms with Gasteiger partial charge in [-0.3, -0.25) is 9.59 Å². The molecule has 28 heavy (non-hydrogen) atoms. The number of morpholine rings is 1. The van der Waals surface area contributed by atoms with Crippen molar-refractivity contribution < 1.29 is 14.3 Å². The van der Waals surface area contributed by atoms with Crippen LogP contribution in [0, 0.1) is 6.92 Å². The van der Waals surface area contributed by atoms with Gasteiger partial charge in [0.15, 0.2) is 5.60 Å². The molecule has 2 amide bonds. The molecule has 3 rings (SSSR count). The summed E-state index contributed by atoms with van der Waals surface area (Å²) in [6.07, 6.45) is 1.60. The summed E-state index contributed by atoms with van der Waals surface area (Å²) in [4.78, 5) is 26.3. The average molecular weight is 380 g/mol. The molecule has 1 heterocycles. The predicted octanol–water partition coefficient (Wildman–Crippen LogP) is 3.09. The first-order valence-electron chi connectivity index (χ1n) is 9.81. The Morgan fingerprint density at radius 1 is 1.14 bits per heavy atom. The number of hydrogen-bond donors (Lipinski definition) is 1. The summed E-state index contributed by atoms with van der Waals surface area (Å²) in [7, 11) is 0. The molecule has 5 heteroatoms. The average Bonchev–Trinajstić information content (AvgIpc) is 2.69. The number of carbonyl (C=O) groups excluding carboxylic acids is 2. The predicted molar refractivity (Wildman–Crippen MR) is 110 cm³/mol. The van der Waals surface area contributed by atoms with Crippen molar-refractivity contribution in [2.24, 2.45) is 5.73 Å². The number of carbonyl (C=O) groups is 2. The molecule has 0 saturated carbocycles. The summed E-state index contributed by atoms with van der Waals surface area (Å²) in [5.41, 5.74) is 8.99. The first-order valence-corrected chi connectivity index (χ1v) is 9.81. The highest BCUT2D eigenvalue weighted by Gasteiger charge is 2.43. The molecule has 0 aromatic heterocycles. The molecule has 1 fully saturated rings. The molecular formula is C23H28N2O3. The molecule has 1 aliphatic rings. The molecule has 2 aromatic rings. The van der Waals surface area contributed by atoms with Gasteiger partial charge in [-0.1, -0.05) is 61.0 Å². The molecule has 2 aromatic carbocycles. The lowest BCUT2D eigenvalue weighted by Crippen LogP contribution is -2.61. The van der Waals surface area contributed by atoms with E-state index in [0.717, 1.165) is 23.1 Å². The normalized spacial score (nSPS) is 19.4. The van der Waals surface area contributed by atoms with E-state index in [1.165, 1.54) is 5.56 Å². The molecule has 0 bridgehead atoms. The lowest BCUT2D eigenvalue weighted by atomic mass is 9.90. The molecule has 2 N–H and O–H groups in total. The van der Waals surface area contributed by atoms with Crippen LogP contribution < -0.4 is 5.73 Å². The van der Waals surface area contributed by atoms with Crippen LogP contribution in [0.2, 0.25) is 0 Å². The van der Waals surface area contributed by atoms with Crippen molar-refractivity contribution in [1.82, 2.24) is 4.90 Å². The lowest BCUT2D eigenvalue weighted by molar-refractivity contribution is -0.163. The molecule has 0 radical (unpaired) electrons. The van der Waals surface area contributed by atoms with Gasteiger partial charge in [-0.2, -0.15) is 0 Å². The maximum atomic E-state index is 12.3. The van der Waals surface area contributed by atoms with Crippen LogP contribution in [0.25, 0.3) is 11.1 Å². The van der Waals surface area contributed by atoms with E-state index < -0.39 is 11.5 Å². The van der Waals surface area contributed by atoms with Crippen molar-refractivity contribution in [3.8, 4) is 11.1 Å². The van der Waals surface area contributed by atoms with Gasteiger partial charge in [-0.15, -0.1) is 0 Å². The number of aryl methyl sites for hydroxylation is 1. The van der Waals surface area contributed by atoms with Crippen molar-refractivity contribution in [3.63, 3.8) is 0 Å². The maximum Gasteiger partial charge on any atom is 0.251 e. The van der Waals surface area contributed by atoms with Gasteiger partial charge in [0, 0.05) is 19.4 Å². The first kappa shape index (κ1) is 20.1. The Kier molecular flexibility index (Phi) is 6.15. The standard InChI is InChI=1S/C23H28N2O3/c1-3-5-21(26)25-12-13-28-23(16-25,22(24)27)15-18-8-10-19(11-9-18)20-7-4-6-17(2)14-20/h4,6-11,14H,3,5,12-13,15-16H2,1-2H3,(H2,24,27)/t23-/m1/s1. The smallest absolute Gasteiger partial charge is 0.251 e. The summed E-state index contributed by atoms with van der Waals surface area (Å²) in [5, 5.41) is 0. The summed E-state index contributed by atoms with van der Waals surface area (Å²) < 4.78 is 5.85. The molecule has 0 unspecified atom stereocenters. The summed E-state index contributed by atoms with van der Waals surface area (Å²) in [6.45, 7) is 5.07. The van der Waals surface area contributed by atoms with Gasteiger partial charge in [-0.25, -0.2) is 0 Å². The number of nitrogens with zero attached hydrogens (tertiary/aromatic N) is 1. The van der Waals surface area contributed by atoms with Crippen molar-refractivity contribution in [2.45, 2.75) is 38.7 Å². The van der Waals surface area contributed by atoms with Crippen molar-refractivity contribution >= 4 is 11.8 Å². The van der Waals surface area contributed by atoms with E-state index in [2.05, 4.69) is 25.1 Å². The highest BCUT2D eigenvalue weighted by molar-refractivity contribution is 5.86. The number of hydrogen-bond acceptors (Lipinski definition) is 3. The molecule has 148 valence electrons. The Labute approximate surface area is 166 Å². The van der Waals surface area contributed by atoms with E-state index in [9.17, 15) is 9.59 Å². The quantitative estimate of drug-likeness (QED) is 0.837. The fourth-order valence-corrected chi connectivity index (χ4v) is 3.68. The Balaban J connectivity index is 1.79. The SMILES string of the molecule is CCCC(=O)N1CCO[C@@](Cc2ccc(-c3cccc(C)c3)cc2)(C(N)=O)C1. The van der Waals surface area contributed by atoms with Gasteiger partial charge >= 0.3 is 0 Å². The molecule has 1 saturated heterocycles. The summed E-state index contributed by atoms with van der Waals surface area (Å²) >= 11 is 0. The first-order chi connectivity index (χ1) is 13.4. The number of rotatable bonds is 6. The number of ether oxygens (including phenoxy) is 1. The highest BCUT2D eigenvalue weighted by atomic mass is 16.5. The van der Waals surface area contributed by atoms with Crippen LogP contribution in [0.15, 0.2) is 48.5 Å². The van der Waals surface area contributed by atoms with Crippen molar-refractivity contribution in [2.75, 3.05) is 19.7 Å². The minimum absolute atomic E-state index is 0.0474. The van der Waals surface area contributed by atoms with Crippen LogP contribution >= 0.6 is 0 Å². The fourth-order valence-electron chi connectivity index (χ4n) is 3.68. The zero-order valence-corrected chi connectivity index (χ0v) is 16.6. The minimum atomic E-state index is -1.17. The van der Waals surface area contributed by atoms with Gasteiger partial charge < -0.3 is 15.4 Å².